The van der Waals surface area contributed by atoms with Gasteiger partial charge in [0.15, 0.2) is 0 Å². The number of benzene rings is 5. The van der Waals surface area contributed by atoms with E-state index >= 15 is 0 Å². The molecule has 0 amide bonds. The molecule has 8 aromatic rings. The summed E-state index contributed by atoms with van der Waals surface area (Å²) in [6.07, 6.45) is 7.40. The first kappa shape index (κ1) is 23.4. The summed E-state index contributed by atoms with van der Waals surface area (Å²) in [6.45, 7) is 0. The maximum Gasteiger partial charge on any atom is 0.143 e. The largest absolute Gasteiger partial charge is 0.455 e. The molecule has 8 rings (SSSR count). The zero-order valence-electron chi connectivity index (χ0n) is 22.2. The first-order chi connectivity index (χ1) is 20.3. The molecule has 0 aliphatic heterocycles. The molecule has 0 N–H and O–H groups in total. The lowest BCUT2D eigenvalue weighted by atomic mass is 9.92. The molecule has 0 spiro atoms. The molecule has 0 radical (unpaired) electrons. The standard InChI is InChI=1S/C38H24N2O/c1-2-9-33-32(8-1)34(28-18-14-26(15-19-28)30-7-5-21-40-24-30)22-35-37-31(10-3-11-36(37)41-38(33)35)27-16-12-25(13-17-27)29-6-4-20-39-23-29/h1-24H. The molecule has 3 aromatic heterocycles. The fourth-order valence-electron chi connectivity index (χ4n) is 5.88. The van der Waals surface area contributed by atoms with Gasteiger partial charge in [0.25, 0.3) is 0 Å². The van der Waals surface area contributed by atoms with Crippen molar-refractivity contribution >= 4 is 32.7 Å². The second-order valence-electron chi connectivity index (χ2n) is 10.3. The molecule has 0 bridgehead atoms. The number of nitrogens with zero attached hydrogens (tertiary/aromatic N) is 2. The molecule has 0 aliphatic carbocycles. The molecule has 0 saturated carbocycles. The van der Waals surface area contributed by atoms with Gasteiger partial charge in [0.1, 0.15) is 11.2 Å². The van der Waals surface area contributed by atoms with E-state index in [9.17, 15) is 0 Å². The Balaban J connectivity index is 1.32. The molecule has 3 heteroatoms. The zero-order valence-corrected chi connectivity index (χ0v) is 22.2. The number of fused-ring (bicyclic) bond motifs is 5. The molecule has 0 unspecified atom stereocenters. The third-order valence-corrected chi connectivity index (χ3v) is 7.88. The summed E-state index contributed by atoms with van der Waals surface area (Å²) in [4.78, 5) is 8.55. The highest BCUT2D eigenvalue weighted by atomic mass is 16.3. The van der Waals surface area contributed by atoms with Crippen molar-refractivity contribution in [2.24, 2.45) is 0 Å². The second kappa shape index (κ2) is 9.58. The maximum atomic E-state index is 6.57. The van der Waals surface area contributed by atoms with Crippen LogP contribution in [-0.4, -0.2) is 9.97 Å². The highest BCUT2D eigenvalue weighted by Gasteiger charge is 2.18. The Labute approximate surface area is 237 Å². The van der Waals surface area contributed by atoms with Crippen molar-refractivity contribution in [3.8, 4) is 44.5 Å². The summed E-state index contributed by atoms with van der Waals surface area (Å²) < 4.78 is 6.57. The minimum Gasteiger partial charge on any atom is -0.455 e. The monoisotopic (exact) mass is 524 g/mol. The summed E-state index contributed by atoms with van der Waals surface area (Å²) in [5.74, 6) is 0. The van der Waals surface area contributed by atoms with E-state index in [0.29, 0.717) is 0 Å². The number of rotatable bonds is 4. The van der Waals surface area contributed by atoms with Crippen molar-refractivity contribution in [1.29, 1.82) is 0 Å². The van der Waals surface area contributed by atoms with E-state index in [2.05, 4.69) is 119 Å². The van der Waals surface area contributed by atoms with Gasteiger partial charge < -0.3 is 4.42 Å². The second-order valence-corrected chi connectivity index (χ2v) is 10.3. The van der Waals surface area contributed by atoms with E-state index < -0.39 is 0 Å². The van der Waals surface area contributed by atoms with Crippen molar-refractivity contribution < 1.29 is 4.42 Å². The first-order valence-electron chi connectivity index (χ1n) is 13.7. The van der Waals surface area contributed by atoms with E-state index in [4.69, 9.17) is 4.42 Å². The summed E-state index contributed by atoms with van der Waals surface area (Å²) in [5.41, 5.74) is 11.0. The van der Waals surface area contributed by atoms with E-state index in [1.807, 2.05) is 24.5 Å². The van der Waals surface area contributed by atoms with E-state index in [1.165, 1.54) is 16.5 Å². The van der Waals surface area contributed by atoms with Crippen LogP contribution in [0, 0.1) is 0 Å². The van der Waals surface area contributed by atoms with Gasteiger partial charge in [-0.25, -0.2) is 0 Å². The summed E-state index contributed by atoms with van der Waals surface area (Å²) in [7, 11) is 0. The van der Waals surface area contributed by atoms with Crippen LogP contribution in [0.3, 0.4) is 0 Å². The topological polar surface area (TPSA) is 38.9 Å². The first-order valence-corrected chi connectivity index (χ1v) is 13.7. The summed E-state index contributed by atoms with van der Waals surface area (Å²) in [5, 5.41) is 4.55. The normalized spacial score (nSPS) is 11.4. The van der Waals surface area contributed by atoms with Crippen molar-refractivity contribution in [1.82, 2.24) is 9.97 Å². The Morgan fingerprint density at radius 2 is 1.00 bits per heavy atom. The molecular formula is C38H24N2O. The number of hydrogen-bond acceptors (Lipinski definition) is 3. The van der Waals surface area contributed by atoms with Crippen molar-refractivity contribution in [2.45, 2.75) is 0 Å². The molecule has 192 valence electrons. The summed E-state index contributed by atoms with van der Waals surface area (Å²) in [6, 6.07) is 42.7. The van der Waals surface area contributed by atoms with Gasteiger partial charge in [0.2, 0.25) is 0 Å². The van der Waals surface area contributed by atoms with E-state index in [1.54, 1.807) is 12.4 Å². The molecule has 0 aliphatic rings. The van der Waals surface area contributed by atoms with Crippen LogP contribution in [0.1, 0.15) is 0 Å². The minimum atomic E-state index is 0.892. The molecule has 3 nitrogen and oxygen atoms in total. The van der Waals surface area contributed by atoms with Gasteiger partial charge in [-0.15, -0.1) is 0 Å². The average Bonchev–Trinajstić information content (AvgIpc) is 3.45. The Kier molecular flexibility index (Phi) is 5.46. The average molecular weight is 525 g/mol. The van der Waals surface area contributed by atoms with Crippen LogP contribution in [0.25, 0.3) is 77.2 Å². The third kappa shape index (κ3) is 3.98. The maximum absolute atomic E-state index is 6.57. The van der Waals surface area contributed by atoms with E-state index in [-0.39, 0.29) is 0 Å². The smallest absolute Gasteiger partial charge is 0.143 e. The number of aromatic nitrogens is 2. The highest BCUT2D eigenvalue weighted by Crippen LogP contribution is 2.43. The van der Waals surface area contributed by atoms with Gasteiger partial charge in [-0.3, -0.25) is 9.97 Å². The van der Waals surface area contributed by atoms with Crippen LogP contribution in [0.2, 0.25) is 0 Å². The quantitative estimate of drug-likeness (QED) is 0.230. The molecule has 3 heterocycles. The molecule has 0 fully saturated rings. The SMILES string of the molecule is c1cncc(-c2ccc(-c3cc4c(oc5cccc(-c6ccc(-c7cccnc7)cc6)c54)c4ccccc34)cc2)c1. The number of hydrogen-bond donors (Lipinski definition) is 0. The Morgan fingerprint density at radius 1 is 0.415 bits per heavy atom. The van der Waals surface area contributed by atoms with Crippen LogP contribution in [0.15, 0.2) is 151 Å². The predicted octanol–water partition coefficient (Wildman–Crippen LogP) is 10.2. The van der Waals surface area contributed by atoms with Gasteiger partial charge >= 0.3 is 0 Å². The van der Waals surface area contributed by atoms with Gasteiger partial charge in [0.05, 0.1) is 0 Å². The van der Waals surface area contributed by atoms with Crippen LogP contribution in [0.5, 0.6) is 0 Å². The number of pyridine rings is 2. The van der Waals surface area contributed by atoms with Crippen LogP contribution >= 0.6 is 0 Å². The Hall–Kier alpha value is -5.54. The minimum absolute atomic E-state index is 0.892. The number of furan rings is 1. The van der Waals surface area contributed by atoms with Crippen LogP contribution in [-0.2, 0) is 0 Å². The summed E-state index contributed by atoms with van der Waals surface area (Å²) >= 11 is 0. The third-order valence-electron chi connectivity index (χ3n) is 7.88. The predicted molar refractivity (Wildman–Crippen MR) is 169 cm³/mol. The zero-order chi connectivity index (χ0) is 27.2. The van der Waals surface area contributed by atoms with Crippen LogP contribution < -0.4 is 0 Å². The molecular weight excluding hydrogens is 500 g/mol. The lowest BCUT2D eigenvalue weighted by molar-refractivity contribution is 0.673. The fraction of sp³-hybridized carbons (Fsp3) is 0. The van der Waals surface area contributed by atoms with Gasteiger partial charge in [-0.05, 0) is 74.2 Å². The lowest BCUT2D eigenvalue weighted by Crippen LogP contribution is -1.85. The van der Waals surface area contributed by atoms with Crippen LogP contribution in [0.4, 0.5) is 0 Å². The highest BCUT2D eigenvalue weighted by molar-refractivity contribution is 6.22. The fourth-order valence-corrected chi connectivity index (χ4v) is 5.88. The van der Waals surface area contributed by atoms with Crippen molar-refractivity contribution in [3.05, 3.63) is 146 Å². The lowest BCUT2D eigenvalue weighted by Gasteiger charge is -2.10. The molecule has 0 atom stereocenters. The molecule has 5 aromatic carbocycles. The van der Waals surface area contributed by atoms with Crippen molar-refractivity contribution in [2.75, 3.05) is 0 Å². The molecule has 0 saturated heterocycles. The Bertz CT molecular complexity index is 2160. The van der Waals surface area contributed by atoms with Gasteiger partial charge in [0, 0.05) is 40.9 Å². The van der Waals surface area contributed by atoms with E-state index in [0.717, 1.165) is 60.7 Å². The Morgan fingerprint density at radius 3 is 1.61 bits per heavy atom. The van der Waals surface area contributed by atoms with Gasteiger partial charge in [-0.2, -0.15) is 0 Å². The van der Waals surface area contributed by atoms with Crippen molar-refractivity contribution in [3.63, 3.8) is 0 Å². The van der Waals surface area contributed by atoms with Gasteiger partial charge in [-0.1, -0.05) is 97.1 Å². The molecule has 41 heavy (non-hydrogen) atoms.